The fourth-order valence-electron chi connectivity index (χ4n) is 1.27. The van der Waals surface area contributed by atoms with Crippen molar-refractivity contribution in [2.45, 2.75) is 11.8 Å². The number of ketones is 1. The summed E-state index contributed by atoms with van der Waals surface area (Å²) in [6.45, 7) is 1.69. The number of carbonyl (C=O) groups is 2. The van der Waals surface area contributed by atoms with Crippen LogP contribution in [0.1, 0.15) is 27.6 Å². The van der Waals surface area contributed by atoms with Crippen molar-refractivity contribution in [2.75, 3.05) is 12.8 Å². The van der Waals surface area contributed by atoms with Gasteiger partial charge in [0.05, 0.1) is 17.5 Å². The highest BCUT2D eigenvalue weighted by molar-refractivity contribution is 9.10. The second-order valence-electron chi connectivity index (χ2n) is 3.28. The summed E-state index contributed by atoms with van der Waals surface area (Å²) < 4.78 is 4.60. The Bertz CT molecular complexity index is 429. The third kappa shape index (κ3) is 2.61. The molecule has 0 aromatic heterocycles. The van der Waals surface area contributed by atoms with E-state index in [0.29, 0.717) is 11.3 Å². The lowest BCUT2D eigenvalue weighted by molar-refractivity contribution is 0.0597. The number of esters is 1. The first-order chi connectivity index (χ1) is 7.47. The maximum absolute atomic E-state index is 11.8. The van der Waals surface area contributed by atoms with Crippen molar-refractivity contribution in [2.24, 2.45) is 0 Å². The van der Waals surface area contributed by atoms with Gasteiger partial charge in [0.1, 0.15) is 0 Å². The van der Waals surface area contributed by atoms with E-state index in [-0.39, 0.29) is 16.2 Å². The zero-order valence-corrected chi connectivity index (χ0v) is 10.6. The Morgan fingerprint density at radius 3 is 2.50 bits per heavy atom. The van der Waals surface area contributed by atoms with Crippen LogP contribution in [0.4, 0.5) is 5.69 Å². The van der Waals surface area contributed by atoms with Crippen LogP contribution in [0, 0.1) is 0 Å². The van der Waals surface area contributed by atoms with E-state index in [4.69, 9.17) is 5.73 Å². The molecule has 0 heterocycles. The van der Waals surface area contributed by atoms with Crippen LogP contribution in [-0.2, 0) is 4.74 Å². The molecule has 1 aromatic rings. The summed E-state index contributed by atoms with van der Waals surface area (Å²) in [5.74, 6) is -0.746. The number of ether oxygens (including phenoxy) is 1. The van der Waals surface area contributed by atoms with Crippen molar-refractivity contribution in [3.8, 4) is 0 Å². The van der Waals surface area contributed by atoms with Gasteiger partial charge in [-0.1, -0.05) is 15.9 Å². The predicted octanol–water partition coefficient (Wildman–Crippen LogP) is 2.02. The van der Waals surface area contributed by atoms with E-state index in [1.165, 1.54) is 19.2 Å². The average Bonchev–Trinajstić information content (AvgIpc) is 2.26. The van der Waals surface area contributed by atoms with E-state index < -0.39 is 5.97 Å². The highest BCUT2D eigenvalue weighted by Gasteiger charge is 2.20. The van der Waals surface area contributed by atoms with Gasteiger partial charge in [0.15, 0.2) is 5.78 Å². The van der Waals surface area contributed by atoms with Crippen LogP contribution in [0.3, 0.4) is 0 Å². The Morgan fingerprint density at radius 1 is 1.38 bits per heavy atom. The van der Waals surface area contributed by atoms with Crippen LogP contribution in [0.15, 0.2) is 18.2 Å². The van der Waals surface area contributed by atoms with Crippen molar-refractivity contribution in [1.29, 1.82) is 0 Å². The van der Waals surface area contributed by atoms with Gasteiger partial charge >= 0.3 is 5.97 Å². The quantitative estimate of drug-likeness (QED) is 0.399. The molecular formula is C11H12BrNO3. The fourth-order valence-corrected chi connectivity index (χ4v) is 1.52. The number of anilines is 1. The van der Waals surface area contributed by atoms with Gasteiger partial charge in [0.25, 0.3) is 0 Å². The van der Waals surface area contributed by atoms with Gasteiger partial charge in [0.2, 0.25) is 0 Å². The summed E-state index contributed by atoms with van der Waals surface area (Å²) in [5, 5.41) is 0. The van der Waals surface area contributed by atoms with E-state index >= 15 is 0 Å². The van der Waals surface area contributed by atoms with Gasteiger partial charge < -0.3 is 10.5 Å². The smallest absolute Gasteiger partial charge is 0.338 e. The minimum Gasteiger partial charge on any atom is -0.465 e. The molecule has 4 nitrogen and oxygen atoms in total. The number of benzene rings is 1. The third-order valence-electron chi connectivity index (χ3n) is 2.08. The number of alkyl halides is 1. The molecule has 1 unspecified atom stereocenters. The zero-order valence-electron chi connectivity index (χ0n) is 8.99. The van der Waals surface area contributed by atoms with E-state index in [0.717, 1.165) is 0 Å². The Balaban J connectivity index is 3.28. The molecule has 5 heteroatoms. The summed E-state index contributed by atoms with van der Waals surface area (Å²) in [5.41, 5.74) is 6.49. The maximum Gasteiger partial charge on any atom is 0.338 e. The molecule has 1 aromatic carbocycles. The first-order valence-electron chi connectivity index (χ1n) is 4.63. The average molecular weight is 286 g/mol. The molecule has 0 aliphatic carbocycles. The number of methoxy groups -OCH3 is 1. The van der Waals surface area contributed by atoms with Gasteiger partial charge in [0, 0.05) is 11.3 Å². The topological polar surface area (TPSA) is 69.4 Å². The second kappa shape index (κ2) is 5.12. The standard InChI is InChI=1S/C11H12BrNO3/c1-6(12)10(14)8-4-3-7(13)5-9(8)11(15)16-2/h3-6H,13H2,1-2H3. The molecule has 1 atom stereocenters. The lowest BCUT2D eigenvalue weighted by atomic mass is 10.0. The summed E-state index contributed by atoms with van der Waals surface area (Å²) in [6, 6.07) is 4.55. The lowest BCUT2D eigenvalue weighted by Crippen LogP contribution is -2.16. The van der Waals surface area contributed by atoms with Crippen molar-refractivity contribution in [3.05, 3.63) is 29.3 Å². The van der Waals surface area contributed by atoms with Crippen LogP contribution < -0.4 is 5.73 Å². The number of nitrogens with two attached hydrogens (primary N) is 1. The molecule has 0 saturated heterocycles. The van der Waals surface area contributed by atoms with Gasteiger partial charge in [-0.05, 0) is 25.1 Å². The van der Waals surface area contributed by atoms with Crippen LogP contribution in [0.5, 0.6) is 0 Å². The largest absolute Gasteiger partial charge is 0.465 e. The molecule has 0 radical (unpaired) electrons. The number of hydrogen-bond acceptors (Lipinski definition) is 4. The van der Waals surface area contributed by atoms with Gasteiger partial charge in [-0.25, -0.2) is 4.79 Å². The van der Waals surface area contributed by atoms with E-state index in [2.05, 4.69) is 20.7 Å². The summed E-state index contributed by atoms with van der Waals surface area (Å²) in [4.78, 5) is 22.9. The molecule has 0 aliphatic rings. The molecule has 0 saturated carbocycles. The molecule has 1 rings (SSSR count). The van der Waals surface area contributed by atoms with Crippen molar-refractivity contribution < 1.29 is 14.3 Å². The second-order valence-corrected chi connectivity index (χ2v) is 4.65. The minimum atomic E-state index is -0.566. The van der Waals surface area contributed by atoms with Crippen LogP contribution in [0.25, 0.3) is 0 Å². The van der Waals surface area contributed by atoms with E-state index in [9.17, 15) is 9.59 Å². The molecule has 16 heavy (non-hydrogen) atoms. The van der Waals surface area contributed by atoms with Gasteiger partial charge in [-0.15, -0.1) is 0 Å². The number of hydrogen-bond donors (Lipinski definition) is 1. The molecule has 0 fully saturated rings. The zero-order chi connectivity index (χ0) is 12.3. The summed E-state index contributed by atoms with van der Waals surface area (Å²) in [6.07, 6.45) is 0. The molecule has 0 aliphatic heterocycles. The minimum absolute atomic E-state index is 0.180. The molecule has 0 spiro atoms. The van der Waals surface area contributed by atoms with Crippen LogP contribution in [-0.4, -0.2) is 23.7 Å². The molecule has 86 valence electrons. The number of carbonyl (C=O) groups excluding carboxylic acids is 2. The maximum atomic E-state index is 11.8. The van der Waals surface area contributed by atoms with Gasteiger partial charge in [-0.3, -0.25) is 4.79 Å². The first-order valence-corrected chi connectivity index (χ1v) is 5.55. The number of halogens is 1. The fraction of sp³-hybridized carbons (Fsp3) is 0.273. The van der Waals surface area contributed by atoms with Crippen LogP contribution in [0.2, 0.25) is 0 Å². The highest BCUT2D eigenvalue weighted by atomic mass is 79.9. The Morgan fingerprint density at radius 2 is 2.00 bits per heavy atom. The van der Waals surface area contributed by atoms with Crippen molar-refractivity contribution in [1.82, 2.24) is 0 Å². The van der Waals surface area contributed by atoms with E-state index in [1.54, 1.807) is 13.0 Å². The van der Waals surface area contributed by atoms with Crippen molar-refractivity contribution in [3.63, 3.8) is 0 Å². The SMILES string of the molecule is COC(=O)c1cc(N)ccc1C(=O)C(C)Br. The number of nitrogen functional groups attached to an aromatic ring is 1. The Kier molecular flexibility index (Phi) is 4.06. The summed E-state index contributed by atoms with van der Waals surface area (Å²) >= 11 is 3.17. The van der Waals surface area contributed by atoms with Crippen LogP contribution >= 0.6 is 15.9 Å². The molecule has 2 N–H and O–H groups in total. The Hall–Kier alpha value is -1.36. The Labute approximate surface area is 102 Å². The number of Topliss-reactive ketones (excluding diaryl/α,β-unsaturated/α-hetero) is 1. The van der Waals surface area contributed by atoms with E-state index in [1.807, 2.05) is 0 Å². The summed E-state index contributed by atoms with van der Waals surface area (Å²) in [7, 11) is 1.26. The number of rotatable bonds is 3. The molecular weight excluding hydrogens is 274 g/mol. The van der Waals surface area contributed by atoms with Crippen molar-refractivity contribution >= 4 is 33.4 Å². The van der Waals surface area contributed by atoms with Gasteiger partial charge in [-0.2, -0.15) is 0 Å². The first kappa shape index (κ1) is 12.7. The predicted molar refractivity (Wildman–Crippen MR) is 64.9 cm³/mol. The third-order valence-corrected chi connectivity index (χ3v) is 2.49. The lowest BCUT2D eigenvalue weighted by Gasteiger charge is -2.09. The molecule has 0 bridgehead atoms. The highest BCUT2D eigenvalue weighted by Crippen LogP contribution is 2.18. The monoisotopic (exact) mass is 285 g/mol. The molecule has 0 amide bonds. The normalized spacial score (nSPS) is 11.9.